The second-order valence-corrected chi connectivity index (χ2v) is 7.04. The van der Waals surface area contributed by atoms with Crippen molar-refractivity contribution in [3.8, 4) is 0 Å². The number of benzene rings is 3. The second-order valence-electron chi connectivity index (χ2n) is 7.04. The van der Waals surface area contributed by atoms with Crippen LogP contribution in [0.15, 0.2) is 91.0 Å². The number of aliphatic carboxylic acids is 3. The van der Waals surface area contributed by atoms with Gasteiger partial charge in [-0.25, -0.2) is 0 Å². The number of aliphatic hydroxyl groups excluding tert-OH is 1. The average Bonchev–Trinajstić information content (AvgIpc) is 2.84. The molecule has 0 aliphatic rings. The van der Waals surface area contributed by atoms with Gasteiger partial charge in [-0.2, -0.15) is 0 Å². The van der Waals surface area contributed by atoms with E-state index in [4.69, 9.17) is 5.11 Å². The Kier molecular flexibility index (Phi) is 24.2. The van der Waals surface area contributed by atoms with Crippen molar-refractivity contribution in [3.05, 3.63) is 108 Å². The number of carbonyl (C=O) groups is 3. The van der Waals surface area contributed by atoms with Crippen molar-refractivity contribution in [1.82, 2.24) is 0 Å². The van der Waals surface area contributed by atoms with Crippen LogP contribution in [0.4, 0.5) is 0 Å². The van der Waals surface area contributed by atoms with Crippen LogP contribution >= 0.6 is 0 Å². The molecule has 3 aromatic rings. The van der Waals surface area contributed by atoms with E-state index >= 15 is 0 Å². The molecular weight excluding hydrogens is 493 g/mol. The largest absolute Gasteiger partial charge is 1.00 e. The number of aliphatic hydroxyl groups is 1. The molecule has 0 aliphatic carbocycles. The number of carboxylic acid groups (broad SMARTS) is 3. The normalized spacial score (nSPS) is 11.4. The Labute approximate surface area is 277 Å². The summed E-state index contributed by atoms with van der Waals surface area (Å²) in [4.78, 5) is 30.9. The summed E-state index contributed by atoms with van der Waals surface area (Å²) < 4.78 is 0. The van der Waals surface area contributed by atoms with E-state index in [0.717, 1.165) is 11.1 Å². The monoisotopic (exact) mass is 518 g/mol. The van der Waals surface area contributed by atoms with Crippen LogP contribution in [-0.2, 0) is 14.4 Å². The van der Waals surface area contributed by atoms with Crippen LogP contribution in [0.3, 0.4) is 0 Å². The van der Waals surface area contributed by atoms with Gasteiger partial charge < -0.3 is 34.8 Å². The maximum atomic E-state index is 10.4. The number of hydrogen-bond acceptors (Lipinski definition) is 7. The standard InChI is InChI=1S/2C9H10O2.C8H8O3.3Na/c2*1-7(9(10)11)8-5-3-2-4-6-8;9-7(8(10)11)6-4-2-1-3-5-6;;;/h2*2-7H,1H3,(H,10,11);1-5,7,9H,(H,10,11);;;/q;;;3*+1/p-3. The SMILES string of the molecule is CC(C(=O)[O-])c1ccccc1.CC(C(=O)[O-])c1ccccc1.O=C([O-])C(O)c1ccccc1.[Na+].[Na+].[Na+]. The first-order chi connectivity index (χ1) is 15.6. The third kappa shape index (κ3) is 15.3. The summed E-state index contributed by atoms with van der Waals surface area (Å²) in [5.41, 5.74) is 1.91. The molecule has 0 radical (unpaired) electrons. The van der Waals surface area contributed by atoms with Crippen molar-refractivity contribution in [2.75, 3.05) is 0 Å². The molecule has 0 bridgehead atoms. The van der Waals surface area contributed by atoms with E-state index in [1.807, 2.05) is 36.4 Å². The fourth-order valence-corrected chi connectivity index (χ4v) is 2.53. The summed E-state index contributed by atoms with van der Waals surface area (Å²) >= 11 is 0. The fraction of sp³-hybridized carbons (Fsp3) is 0.192. The average molecular weight is 518 g/mol. The minimum Gasteiger partial charge on any atom is -0.550 e. The van der Waals surface area contributed by atoms with Gasteiger partial charge in [0.05, 0.1) is 5.97 Å². The van der Waals surface area contributed by atoms with Crippen molar-refractivity contribution in [3.63, 3.8) is 0 Å². The van der Waals surface area contributed by atoms with Crippen LogP contribution in [0.1, 0.15) is 48.5 Å². The molecule has 3 atom stereocenters. The molecule has 0 heterocycles. The molecule has 0 aromatic heterocycles. The molecule has 1 N–H and O–H groups in total. The summed E-state index contributed by atoms with van der Waals surface area (Å²) in [7, 11) is 0. The summed E-state index contributed by atoms with van der Waals surface area (Å²) in [5, 5.41) is 39.9. The summed E-state index contributed by atoms with van der Waals surface area (Å²) in [6.07, 6.45) is -1.52. The van der Waals surface area contributed by atoms with Gasteiger partial charge in [-0.3, -0.25) is 0 Å². The van der Waals surface area contributed by atoms with Crippen LogP contribution in [-0.4, -0.2) is 23.0 Å². The molecule has 3 rings (SSSR count). The van der Waals surface area contributed by atoms with E-state index in [1.165, 1.54) is 12.1 Å². The van der Waals surface area contributed by atoms with Gasteiger partial charge in [0.15, 0.2) is 0 Å². The Hall–Kier alpha value is -0.970. The molecule has 0 saturated heterocycles. The molecule has 10 heteroatoms. The van der Waals surface area contributed by atoms with Crippen molar-refractivity contribution < 1.29 is 123 Å². The smallest absolute Gasteiger partial charge is 0.550 e. The third-order valence-corrected chi connectivity index (χ3v) is 4.64. The van der Waals surface area contributed by atoms with Gasteiger partial charge >= 0.3 is 88.7 Å². The number of carbonyl (C=O) groups excluding carboxylic acids is 3. The first-order valence-corrected chi connectivity index (χ1v) is 10.1. The third-order valence-electron chi connectivity index (χ3n) is 4.64. The Morgan fingerprint density at radius 2 is 0.778 bits per heavy atom. The van der Waals surface area contributed by atoms with Gasteiger partial charge in [0, 0.05) is 23.8 Å². The van der Waals surface area contributed by atoms with Gasteiger partial charge in [-0.1, -0.05) is 105 Å². The van der Waals surface area contributed by atoms with Crippen molar-refractivity contribution in [2.24, 2.45) is 0 Å². The van der Waals surface area contributed by atoms with Gasteiger partial charge in [0.25, 0.3) is 0 Å². The molecule has 0 saturated carbocycles. The van der Waals surface area contributed by atoms with E-state index in [9.17, 15) is 29.7 Å². The van der Waals surface area contributed by atoms with Crippen LogP contribution in [0, 0.1) is 0 Å². The minimum atomic E-state index is -1.52. The van der Waals surface area contributed by atoms with Gasteiger partial charge in [-0.05, 0) is 16.7 Å². The molecule has 36 heavy (non-hydrogen) atoms. The van der Waals surface area contributed by atoms with E-state index in [0.29, 0.717) is 5.56 Å². The summed E-state index contributed by atoms with van der Waals surface area (Å²) in [5.74, 6) is -4.57. The molecule has 3 aromatic carbocycles. The van der Waals surface area contributed by atoms with E-state index in [1.54, 1.807) is 56.3 Å². The maximum absolute atomic E-state index is 10.4. The zero-order chi connectivity index (χ0) is 24.8. The zero-order valence-corrected chi connectivity index (χ0v) is 27.3. The molecule has 174 valence electrons. The predicted octanol–water partition coefficient (Wildman–Crippen LogP) is -8.44. The molecule has 0 spiro atoms. The van der Waals surface area contributed by atoms with Crippen LogP contribution < -0.4 is 104 Å². The van der Waals surface area contributed by atoms with E-state index < -0.39 is 35.8 Å². The fourth-order valence-electron chi connectivity index (χ4n) is 2.53. The molecule has 7 nitrogen and oxygen atoms in total. The van der Waals surface area contributed by atoms with Crippen molar-refractivity contribution in [2.45, 2.75) is 31.8 Å². The molecular formula is C26H25Na3O7. The molecule has 0 amide bonds. The van der Waals surface area contributed by atoms with E-state index in [2.05, 4.69) is 0 Å². The van der Waals surface area contributed by atoms with Crippen molar-refractivity contribution in [1.29, 1.82) is 0 Å². The molecule has 0 fully saturated rings. The quantitative estimate of drug-likeness (QED) is 0.320. The second kappa shape index (κ2) is 22.1. The van der Waals surface area contributed by atoms with Crippen LogP contribution in [0.2, 0.25) is 0 Å². The first-order valence-electron chi connectivity index (χ1n) is 10.1. The number of carboxylic acids is 3. The van der Waals surface area contributed by atoms with Gasteiger partial charge in [0.1, 0.15) is 6.10 Å². The van der Waals surface area contributed by atoms with E-state index in [-0.39, 0.29) is 88.7 Å². The maximum Gasteiger partial charge on any atom is 1.00 e. The number of rotatable bonds is 6. The predicted molar refractivity (Wildman–Crippen MR) is 116 cm³/mol. The summed E-state index contributed by atoms with van der Waals surface area (Å²) in [6, 6.07) is 26.2. The molecule has 3 unspecified atom stereocenters. The Morgan fingerprint density at radius 3 is 1.00 bits per heavy atom. The van der Waals surface area contributed by atoms with Crippen LogP contribution in [0.5, 0.6) is 0 Å². The van der Waals surface area contributed by atoms with Crippen molar-refractivity contribution >= 4 is 17.9 Å². The Bertz CT molecular complexity index is 872. The minimum absolute atomic E-state index is 0. The van der Waals surface area contributed by atoms with Gasteiger partial charge in [0.2, 0.25) is 0 Å². The van der Waals surface area contributed by atoms with Crippen LogP contribution in [0.25, 0.3) is 0 Å². The molecule has 0 aliphatic heterocycles. The Balaban J connectivity index is -0.000000436. The first kappa shape index (κ1) is 39.5. The topological polar surface area (TPSA) is 141 Å². The Morgan fingerprint density at radius 1 is 0.528 bits per heavy atom. The number of hydrogen-bond donors (Lipinski definition) is 1. The van der Waals surface area contributed by atoms with Gasteiger partial charge in [-0.15, -0.1) is 0 Å². The summed E-state index contributed by atoms with van der Waals surface area (Å²) in [6.45, 7) is 3.23. The zero-order valence-electron chi connectivity index (χ0n) is 21.3.